The lowest BCUT2D eigenvalue weighted by Crippen LogP contribution is -2.30. The maximum absolute atomic E-state index is 9.83. The number of hydrogen-bond acceptors (Lipinski definition) is 3. The molecule has 0 aromatic heterocycles. The van der Waals surface area contributed by atoms with E-state index in [-0.39, 0.29) is 22.7 Å². The lowest BCUT2D eigenvalue weighted by Gasteiger charge is -2.36. The second kappa shape index (κ2) is 9.51. The molecule has 0 aliphatic heterocycles. The third-order valence-corrected chi connectivity index (χ3v) is 5.74. The molecule has 3 nitrogen and oxygen atoms in total. The number of phenols is 3. The van der Waals surface area contributed by atoms with Gasteiger partial charge in [-0.3, -0.25) is 0 Å². The molecule has 3 rings (SSSR count). The van der Waals surface area contributed by atoms with Crippen LogP contribution in [0.2, 0.25) is 0 Å². The maximum atomic E-state index is 9.83. The van der Waals surface area contributed by atoms with Gasteiger partial charge in [0.2, 0.25) is 0 Å². The van der Waals surface area contributed by atoms with Gasteiger partial charge in [0.1, 0.15) is 17.2 Å². The molecule has 0 fully saturated rings. The van der Waals surface area contributed by atoms with Crippen LogP contribution in [0.4, 0.5) is 0 Å². The van der Waals surface area contributed by atoms with Crippen LogP contribution < -0.4 is 0 Å². The third kappa shape index (κ3) is 5.11. The van der Waals surface area contributed by atoms with Crippen LogP contribution in [0.3, 0.4) is 0 Å². The van der Waals surface area contributed by atoms with Gasteiger partial charge in [-0.25, -0.2) is 0 Å². The first-order chi connectivity index (χ1) is 14.0. The molecule has 0 saturated heterocycles. The smallest absolute Gasteiger partial charge is 0.115 e. The van der Waals surface area contributed by atoms with Gasteiger partial charge in [-0.05, 0) is 65.9 Å². The Balaban J connectivity index is 2.09. The molecule has 0 radical (unpaired) electrons. The topological polar surface area (TPSA) is 60.7 Å². The second-order valence-electron chi connectivity index (χ2n) is 7.83. The summed E-state index contributed by atoms with van der Waals surface area (Å²) in [4.78, 5) is 0. The molecule has 0 spiro atoms. The van der Waals surface area contributed by atoms with Gasteiger partial charge in [-0.2, -0.15) is 0 Å². The van der Waals surface area contributed by atoms with Crippen molar-refractivity contribution < 1.29 is 15.3 Å². The molecule has 152 valence electrons. The zero-order chi connectivity index (χ0) is 20.7. The van der Waals surface area contributed by atoms with Gasteiger partial charge >= 0.3 is 0 Å². The van der Waals surface area contributed by atoms with Crippen molar-refractivity contribution in [1.29, 1.82) is 0 Å². The Morgan fingerprint density at radius 1 is 0.586 bits per heavy atom. The highest BCUT2D eigenvalue weighted by atomic mass is 16.3. The first-order valence-corrected chi connectivity index (χ1v) is 10.4. The Morgan fingerprint density at radius 2 is 1.03 bits per heavy atom. The van der Waals surface area contributed by atoms with E-state index in [1.807, 2.05) is 36.4 Å². The maximum Gasteiger partial charge on any atom is 0.115 e. The fourth-order valence-electron chi connectivity index (χ4n) is 4.12. The van der Waals surface area contributed by atoms with Crippen molar-refractivity contribution in [2.24, 2.45) is 0 Å². The highest BCUT2D eigenvalue weighted by Crippen LogP contribution is 2.41. The highest BCUT2D eigenvalue weighted by molar-refractivity contribution is 5.45. The molecular formula is C26H30O3. The third-order valence-electron chi connectivity index (χ3n) is 5.74. The van der Waals surface area contributed by atoms with Gasteiger partial charge in [0.25, 0.3) is 0 Å². The van der Waals surface area contributed by atoms with Crippen molar-refractivity contribution in [2.75, 3.05) is 0 Å². The Labute approximate surface area is 173 Å². The number of rotatable bonds is 9. The van der Waals surface area contributed by atoms with Crippen LogP contribution in [0.25, 0.3) is 0 Å². The van der Waals surface area contributed by atoms with Crippen molar-refractivity contribution in [3.63, 3.8) is 0 Å². The van der Waals surface area contributed by atoms with Gasteiger partial charge in [-0.15, -0.1) is 0 Å². The van der Waals surface area contributed by atoms with E-state index in [1.54, 1.807) is 36.4 Å². The largest absolute Gasteiger partial charge is 0.508 e. The molecule has 0 aliphatic carbocycles. The van der Waals surface area contributed by atoms with Crippen molar-refractivity contribution in [1.82, 2.24) is 0 Å². The summed E-state index contributed by atoms with van der Waals surface area (Å²) in [5, 5.41) is 29.4. The molecule has 0 atom stereocenters. The Hall–Kier alpha value is -2.94. The van der Waals surface area contributed by atoms with Crippen LogP contribution in [0.1, 0.15) is 55.7 Å². The van der Waals surface area contributed by atoms with Crippen molar-refractivity contribution in [3.05, 3.63) is 89.5 Å². The van der Waals surface area contributed by atoms with Crippen LogP contribution >= 0.6 is 0 Å². The fourth-order valence-corrected chi connectivity index (χ4v) is 4.12. The average Bonchev–Trinajstić information content (AvgIpc) is 2.73. The summed E-state index contributed by atoms with van der Waals surface area (Å²) in [6.07, 6.45) is 6.39. The standard InChI is InChI=1S/C26H30O3/c1-2-3-4-5-18-26(21-8-14-24(28)15-9-21,22-10-16-25(29)17-11-22)19-20-6-12-23(27)13-7-20/h6-17,27-29H,2-5,18-19H2,1H3. The van der Waals surface area contributed by atoms with E-state index < -0.39 is 0 Å². The molecule has 3 heteroatoms. The van der Waals surface area contributed by atoms with Crippen LogP contribution in [0.15, 0.2) is 72.8 Å². The predicted molar refractivity (Wildman–Crippen MR) is 118 cm³/mol. The predicted octanol–water partition coefficient (Wildman–Crippen LogP) is 6.30. The minimum Gasteiger partial charge on any atom is -0.508 e. The number of phenolic OH excluding ortho intramolecular Hbond substituents is 3. The number of unbranched alkanes of at least 4 members (excludes halogenated alkanes) is 3. The SMILES string of the molecule is CCCCCCC(Cc1ccc(O)cc1)(c1ccc(O)cc1)c1ccc(O)cc1. The van der Waals surface area contributed by atoms with Crippen molar-refractivity contribution >= 4 is 0 Å². The fraction of sp³-hybridized carbons (Fsp3) is 0.308. The van der Waals surface area contributed by atoms with Gasteiger partial charge in [0.05, 0.1) is 0 Å². The summed E-state index contributed by atoms with van der Waals surface area (Å²) in [6, 6.07) is 22.4. The number of aromatic hydroxyl groups is 3. The molecule has 0 unspecified atom stereocenters. The highest BCUT2D eigenvalue weighted by Gasteiger charge is 2.34. The van der Waals surface area contributed by atoms with Gasteiger partial charge in [0, 0.05) is 5.41 Å². The molecule has 0 bridgehead atoms. The first kappa shape index (κ1) is 20.8. The number of benzene rings is 3. The van der Waals surface area contributed by atoms with Gasteiger partial charge in [0.15, 0.2) is 0 Å². The van der Waals surface area contributed by atoms with Crippen LogP contribution in [0.5, 0.6) is 17.2 Å². The normalized spacial score (nSPS) is 11.5. The first-order valence-electron chi connectivity index (χ1n) is 10.4. The lowest BCUT2D eigenvalue weighted by molar-refractivity contribution is 0.433. The van der Waals surface area contributed by atoms with Crippen molar-refractivity contribution in [2.45, 2.75) is 50.9 Å². The van der Waals surface area contributed by atoms with E-state index in [1.165, 1.54) is 19.3 Å². The second-order valence-corrected chi connectivity index (χ2v) is 7.83. The van der Waals surface area contributed by atoms with Crippen LogP contribution in [-0.4, -0.2) is 15.3 Å². The van der Waals surface area contributed by atoms with E-state index in [0.717, 1.165) is 36.0 Å². The minimum absolute atomic E-state index is 0.254. The summed E-state index contributed by atoms with van der Waals surface area (Å²) in [5.74, 6) is 0.768. The number of hydrogen-bond donors (Lipinski definition) is 3. The van der Waals surface area contributed by atoms with Crippen LogP contribution in [-0.2, 0) is 11.8 Å². The summed E-state index contributed by atoms with van der Waals surface area (Å²) in [7, 11) is 0. The molecule has 3 N–H and O–H groups in total. The molecule has 0 heterocycles. The molecule has 3 aromatic rings. The van der Waals surface area contributed by atoms with E-state index in [0.29, 0.717) is 0 Å². The van der Waals surface area contributed by atoms with Gasteiger partial charge < -0.3 is 15.3 Å². The summed E-state index contributed by atoms with van der Waals surface area (Å²) < 4.78 is 0. The Kier molecular flexibility index (Phi) is 6.82. The lowest BCUT2D eigenvalue weighted by atomic mass is 9.67. The summed E-state index contributed by atoms with van der Waals surface area (Å²) in [5.41, 5.74) is 3.14. The average molecular weight is 391 g/mol. The Morgan fingerprint density at radius 3 is 1.48 bits per heavy atom. The molecule has 29 heavy (non-hydrogen) atoms. The summed E-state index contributed by atoms with van der Waals surface area (Å²) in [6.45, 7) is 2.21. The van der Waals surface area contributed by atoms with E-state index >= 15 is 0 Å². The van der Waals surface area contributed by atoms with E-state index in [2.05, 4.69) is 6.92 Å². The molecular weight excluding hydrogens is 360 g/mol. The zero-order valence-electron chi connectivity index (χ0n) is 17.0. The Bertz CT molecular complexity index is 835. The van der Waals surface area contributed by atoms with Crippen LogP contribution in [0, 0.1) is 0 Å². The van der Waals surface area contributed by atoms with E-state index in [4.69, 9.17) is 0 Å². The van der Waals surface area contributed by atoms with E-state index in [9.17, 15) is 15.3 Å². The summed E-state index contributed by atoms with van der Waals surface area (Å²) >= 11 is 0. The molecule has 0 amide bonds. The monoisotopic (exact) mass is 390 g/mol. The van der Waals surface area contributed by atoms with Gasteiger partial charge in [-0.1, -0.05) is 69.0 Å². The van der Waals surface area contributed by atoms with Crippen molar-refractivity contribution in [3.8, 4) is 17.2 Å². The minimum atomic E-state index is -0.286. The zero-order valence-corrected chi connectivity index (χ0v) is 17.0. The quantitative estimate of drug-likeness (QED) is 0.376. The molecule has 0 aliphatic rings. The molecule has 3 aromatic carbocycles. The molecule has 0 saturated carbocycles.